The smallest absolute Gasteiger partial charge is 0.166 e. The summed E-state index contributed by atoms with van der Waals surface area (Å²) in [7, 11) is 0. The summed E-state index contributed by atoms with van der Waals surface area (Å²) in [5, 5.41) is 0. The lowest BCUT2D eigenvalue weighted by atomic mass is 9.85. The molecule has 0 aliphatic heterocycles. The van der Waals surface area contributed by atoms with Crippen molar-refractivity contribution in [3.8, 4) is 23.7 Å². The minimum Gasteiger partial charge on any atom is -0.166 e. The Bertz CT molecular complexity index is 1170. The Morgan fingerprint density at radius 3 is 1.32 bits per heavy atom. The first-order valence-electron chi connectivity index (χ1n) is 12.7. The van der Waals surface area contributed by atoms with Crippen LogP contribution < -0.4 is 0 Å². The first-order valence-corrected chi connectivity index (χ1v) is 13.5. The van der Waals surface area contributed by atoms with E-state index in [1.165, 1.54) is 12.1 Å². The molecule has 4 rings (SSSR count). The van der Waals surface area contributed by atoms with Crippen LogP contribution in [0.4, 0.5) is 26.3 Å². The van der Waals surface area contributed by atoms with Crippen molar-refractivity contribution in [3.05, 3.63) is 57.6 Å². The van der Waals surface area contributed by atoms with Gasteiger partial charge in [0.1, 0.15) is 0 Å². The van der Waals surface area contributed by atoms with Gasteiger partial charge in [0.2, 0.25) is 0 Å². The van der Waals surface area contributed by atoms with E-state index in [9.17, 15) is 26.3 Å². The Hall–Kier alpha value is -2.51. The third-order valence-corrected chi connectivity index (χ3v) is 8.22. The van der Waals surface area contributed by atoms with Crippen molar-refractivity contribution in [2.24, 2.45) is 11.8 Å². The van der Waals surface area contributed by atoms with Crippen LogP contribution in [0.15, 0.2) is 34.1 Å². The molecule has 0 atom stereocenters. The number of halogens is 6. The van der Waals surface area contributed by atoms with E-state index in [1.807, 2.05) is 0 Å². The molecular formula is C30H28F6S. The highest BCUT2D eigenvalue weighted by atomic mass is 32.2. The fraction of sp³-hybridized carbons (Fsp3) is 0.467. The minimum atomic E-state index is -4.52. The largest absolute Gasteiger partial charge is 0.416 e. The lowest BCUT2D eigenvalue weighted by Gasteiger charge is -2.21. The average Bonchev–Trinajstić information content (AvgIpc) is 2.76. The van der Waals surface area contributed by atoms with Crippen molar-refractivity contribution in [2.45, 2.75) is 87.4 Å². The molecule has 0 unspecified atom stereocenters. The average molecular weight is 535 g/mol. The summed E-state index contributed by atoms with van der Waals surface area (Å²) >= 11 is 1.15. The van der Waals surface area contributed by atoms with Crippen molar-refractivity contribution in [1.29, 1.82) is 0 Å². The molecule has 2 saturated carbocycles. The Morgan fingerprint density at radius 1 is 0.676 bits per heavy atom. The van der Waals surface area contributed by atoms with Gasteiger partial charge in [0.15, 0.2) is 0 Å². The summed E-state index contributed by atoms with van der Waals surface area (Å²) in [5.41, 5.74) is -0.578. The van der Waals surface area contributed by atoms with E-state index in [1.54, 1.807) is 13.8 Å². The van der Waals surface area contributed by atoms with Gasteiger partial charge in [0, 0.05) is 32.8 Å². The van der Waals surface area contributed by atoms with Gasteiger partial charge in [-0.2, -0.15) is 26.3 Å². The second-order valence-corrected chi connectivity index (χ2v) is 10.6. The van der Waals surface area contributed by atoms with Gasteiger partial charge in [0.25, 0.3) is 0 Å². The molecule has 0 bridgehead atoms. The minimum absolute atomic E-state index is 0.119. The highest BCUT2D eigenvalue weighted by molar-refractivity contribution is 7.99. The zero-order chi connectivity index (χ0) is 26.8. The Balaban J connectivity index is 1.86. The van der Waals surface area contributed by atoms with Crippen LogP contribution in [0.1, 0.15) is 85.8 Å². The Labute approximate surface area is 218 Å². The van der Waals surface area contributed by atoms with Gasteiger partial charge in [-0.15, -0.1) is 0 Å². The summed E-state index contributed by atoms with van der Waals surface area (Å²) in [6, 6.07) is 4.90. The number of hydrogen-bond donors (Lipinski definition) is 0. The number of alkyl halides is 6. The van der Waals surface area contributed by atoms with Gasteiger partial charge >= 0.3 is 12.4 Å². The summed E-state index contributed by atoms with van der Waals surface area (Å²) in [6.07, 6.45) is -2.96. The van der Waals surface area contributed by atoms with Crippen LogP contribution in [0.2, 0.25) is 0 Å². The highest BCUT2D eigenvalue weighted by Crippen LogP contribution is 2.43. The van der Waals surface area contributed by atoms with E-state index < -0.39 is 23.5 Å². The third-order valence-electron chi connectivity index (χ3n) is 7.10. The molecule has 2 aromatic carbocycles. The lowest BCUT2D eigenvalue weighted by Crippen LogP contribution is -2.12. The summed E-state index contributed by atoms with van der Waals surface area (Å²) in [5.74, 6) is 12.7. The number of rotatable bonds is 4. The molecule has 0 aromatic heterocycles. The second kappa shape index (κ2) is 11.1. The van der Waals surface area contributed by atoms with Crippen molar-refractivity contribution in [2.75, 3.05) is 0 Å². The van der Waals surface area contributed by atoms with E-state index in [4.69, 9.17) is 0 Å². The second-order valence-electron chi connectivity index (χ2n) is 9.53. The molecule has 0 N–H and O–H groups in total. The third kappa shape index (κ3) is 6.15. The standard InChI is InChI=1S/C30H28F6S/c1-3-21-23(13-11-19-7-5-8-19)27(17-15-25(21)29(31,32)33)37-28-18-16-26(30(34,35)36)22(4-2)24(28)14-12-20-9-6-10-20/h15-20H,3-10H2,1-2H3. The molecule has 2 aliphatic carbocycles. The molecule has 0 saturated heterocycles. The van der Waals surface area contributed by atoms with Gasteiger partial charge in [-0.1, -0.05) is 62.1 Å². The monoisotopic (exact) mass is 534 g/mol. The molecule has 0 nitrogen and oxygen atoms in total. The molecule has 7 heteroatoms. The predicted molar refractivity (Wildman–Crippen MR) is 134 cm³/mol. The highest BCUT2D eigenvalue weighted by Gasteiger charge is 2.36. The molecule has 0 heterocycles. The van der Waals surface area contributed by atoms with Crippen LogP contribution in [0, 0.1) is 35.5 Å². The molecule has 0 spiro atoms. The Morgan fingerprint density at radius 2 is 1.05 bits per heavy atom. The summed E-state index contributed by atoms with van der Waals surface area (Å²) < 4.78 is 82.8. The van der Waals surface area contributed by atoms with Gasteiger partial charge in [-0.25, -0.2) is 0 Å². The quantitative estimate of drug-likeness (QED) is 0.278. The molecule has 37 heavy (non-hydrogen) atoms. The van der Waals surface area contributed by atoms with E-state index in [0.29, 0.717) is 20.9 Å². The van der Waals surface area contributed by atoms with Crippen molar-refractivity contribution in [3.63, 3.8) is 0 Å². The van der Waals surface area contributed by atoms with Gasteiger partial charge < -0.3 is 0 Å². The summed E-state index contributed by atoms with van der Waals surface area (Å²) in [4.78, 5) is 1.01. The zero-order valence-corrected chi connectivity index (χ0v) is 21.6. The Kier molecular flexibility index (Phi) is 8.24. The molecule has 196 valence electrons. The lowest BCUT2D eigenvalue weighted by molar-refractivity contribution is -0.139. The van der Waals surface area contributed by atoms with Crippen molar-refractivity contribution in [1.82, 2.24) is 0 Å². The van der Waals surface area contributed by atoms with Crippen LogP contribution in [-0.4, -0.2) is 0 Å². The van der Waals surface area contributed by atoms with Crippen LogP contribution in [0.25, 0.3) is 0 Å². The first kappa shape index (κ1) is 27.5. The maximum absolute atomic E-state index is 13.8. The van der Waals surface area contributed by atoms with Crippen LogP contribution in [0.3, 0.4) is 0 Å². The number of benzene rings is 2. The van der Waals surface area contributed by atoms with Gasteiger partial charge in [-0.3, -0.25) is 0 Å². The van der Waals surface area contributed by atoms with E-state index in [2.05, 4.69) is 23.7 Å². The maximum Gasteiger partial charge on any atom is 0.416 e. The fourth-order valence-corrected chi connectivity index (χ4v) is 5.60. The molecular weight excluding hydrogens is 506 g/mol. The van der Waals surface area contributed by atoms with Crippen LogP contribution in [-0.2, 0) is 25.2 Å². The molecule has 2 fully saturated rings. The van der Waals surface area contributed by atoms with E-state index in [-0.39, 0.29) is 35.8 Å². The topological polar surface area (TPSA) is 0 Å². The maximum atomic E-state index is 13.8. The SMILES string of the molecule is CCc1c(C(F)(F)F)ccc(Sc2ccc(C(F)(F)F)c(CC)c2C#CC2CCC2)c1C#CC1CCC1. The van der Waals surface area contributed by atoms with Gasteiger partial charge in [0.05, 0.1) is 11.1 Å². The van der Waals surface area contributed by atoms with Crippen molar-refractivity contribution >= 4 is 11.8 Å². The molecule has 0 radical (unpaired) electrons. The van der Waals surface area contributed by atoms with E-state index >= 15 is 0 Å². The summed E-state index contributed by atoms with van der Waals surface area (Å²) in [6.45, 7) is 3.33. The number of hydrogen-bond acceptors (Lipinski definition) is 1. The normalized spacial score (nSPS) is 16.2. The molecule has 2 aromatic rings. The van der Waals surface area contributed by atoms with Crippen LogP contribution >= 0.6 is 11.8 Å². The van der Waals surface area contributed by atoms with Gasteiger partial charge in [-0.05, 0) is 73.9 Å². The fourth-order valence-electron chi connectivity index (χ4n) is 4.53. The zero-order valence-electron chi connectivity index (χ0n) is 20.8. The van der Waals surface area contributed by atoms with Crippen molar-refractivity contribution < 1.29 is 26.3 Å². The molecule has 2 aliphatic rings. The van der Waals surface area contributed by atoms with E-state index in [0.717, 1.165) is 62.4 Å². The first-order chi connectivity index (χ1) is 17.5. The van der Waals surface area contributed by atoms with Crippen LogP contribution in [0.5, 0.6) is 0 Å². The predicted octanol–water partition coefficient (Wildman–Crippen LogP) is 9.30. The molecule has 0 amide bonds.